The van der Waals surface area contributed by atoms with Crippen LogP contribution in [0.5, 0.6) is 0 Å². The minimum absolute atomic E-state index is 0.00990. The van der Waals surface area contributed by atoms with E-state index in [1.807, 2.05) is 0 Å². The van der Waals surface area contributed by atoms with Crippen LogP contribution in [0.2, 0.25) is 0 Å². The van der Waals surface area contributed by atoms with Crippen molar-refractivity contribution in [1.82, 2.24) is 0 Å². The molecular weight excluding hydrogens is 148 g/mol. The molecule has 2 N–H and O–H groups in total. The second-order valence-corrected chi connectivity index (χ2v) is 1.99. The summed E-state index contributed by atoms with van der Waals surface area (Å²) in [4.78, 5) is 10.6. The highest BCUT2D eigenvalue weighted by Crippen LogP contribution is 1.95. The molecular formula is C7H12O4. The minimum Gasteiger partial charge on any atom is -0.461 e. The zero-order chi connectivity index (χ0) is 8.69. The lowest BCUT2D eigenvalue weighted by Crippen LogP contribution is -2.10. The lowest BCUT2D eigenvalue weighted by Gasteiger charge is -2.02. The number of aliphatic hydroxyl groups is 2. The van der Waals surface area contributed by atoms with Crippen molar-refractivity contribution in [3.05, 3.63) is 12.7 Å². The third-order valence-electron chi connectivity index (χ3n) is 0.969. The molecule has 0 aliphatic rings. The Morgan fingerprint density at radius 2 is 2.27 bits per heavy atom. The second kappa shape index (κ2) is 5.88. The van der Waals surface area contributed by atoms with Gasteiger partial charge in [-0.3, -0.25) is 4.79 Å². The average Bonchev–Trinajstić information content (AvgIpc) is 1.97. The first kappa shape index (κ1) is 10.1. The smallest absolute Gasteiger partial charge is 0.306 e. The molecule has 0 saturated carbocycles. The molecule has 0 rings (SSSR count). The summed E-state index contributed by atoms with van der Waals surface area (Å²) in [6, 6.07) is 0. The van der Waals surface area contributed by atoms with Crippen LogP contribution in [-0.4, -0.2) is 29.1 Å². The van der Waals surface area contributed by atoms with Gasteiger partial charge in [-0.05, 0) is 0 Å². The van der Waals surface area contributed by atoms with Gasteiger partial charge in [0.1, 0.15) is 6.61 Å². The molecule has 0 heterocycles. The molecule has 0 aliphatic heterocycles. The van der Waals surface area contributed by atoms with E-state index in [2.05, 4.69) is 11.3 Å². The van der Waals surface area contributed by atoms with E-state index in [4.69, 9.17) is 10.2 Å². The Morgan fingerprint density at radius 1 is 1.64 bits per heavy atom. The summed E-state index contributed by atoms with van der Waals surface area (Å²) in [5, 5.41) is 16.7. The topological polar surface area (TPSA) is 66.8 Å². The van der Waals surface area contributed by atoms with E-state index in [9.17, 15) is 4.79 Å². The van der Waals surface area contributed by atoms with Crippen LogP contribution in [0.15, 0.2) is 12.7 Å². The molecule has 4 heteroatoms. The van der Waals surface area contributed by atoms with Crippen LogP contribution in [0.25, 0.3) is 0 Å². The Bertz CT molecular complexity index is 130. The van der Waals surface area contributed by atoms with Gasteiger partial charge in [0.15, 0.2) is 6.29 Å². The molecule has 0 aromatic rings. The summed E-state index contributed by atoms with van der Waals surface area (Å²) in [5.74, 6) is -0.446. The van der Waals surface area contributed by atoms with Crippen molar-refractivity contribution in [2.45, 2.75) is 19.1 Å². The minimum atomic E-state index is -1.44. The Labute approximate surface area is 65.1 Å². The monoisotopic (exact) mass is 160 g/mol. The molecule has 0 aromatic heterocycles. The van der Waals surface area contributed by atoms with E-state index < -0.39 is 12.3 Å². The molecule has 0 radical (unpaired) electrons. The third kappa shape index (κ3) is 7.02. The summed E-state index contributed by atoms with van der Waals surface area (Å²) in [5.41, 5.74) is 0. The van der Waals surface area contributed by atoms with Crippen molar-refractivity contribution in [3.63, 3.8) is 0 Å². The standard InChI is InChI=1S/C7H12O4/c1-2-5-11-7(10)4-3-6(8)9/h2,6,8-9H,1,3-5H2. The lowest BCUT2D eigenvalue weighted by atomic mass is 10.3. The Kier molecular flexibility index (Phi) is 5.42. The van der Waals surface area contributed by atoms with E-state index in [0.29, 0.717) is 0 Å². The van der Waals surface area contributed by atoms with Crippen molar-refractivity contribution in [1.29, 1.82) is 0 Å². The second-order valence-electron chi connectivity index (χ2n) is 1.99. The predicted molar refractivity (Wildman–Crippen MR) is 38.6 cm³/mol. The first-order chi connectivity index (χ1) is 5.16. The summed E-state index contributed by atoms with van der Waals surface area (Å²) in [6.45, 7) is 3.52. The van der Waals surface area contributed by atoms with Crippen molar-refractivity contribution in [3.8, 4) is 0 Å². The van der Waals surface area contributed by atoms with Crippen LogP contribution < -0.4 is 0 Å². The fourth-order valence-electron chi connectivity index (χ4n) is 0.471. The highest BCUT2D eigenvalue weighted by molar-refractivity contribution is 5.69. The van der Waals surface area contributed by atoms with Gasteiger partial charge in [-0.1, -0.05) is 12.7 Å². The Morgan fingerprint density at radius 3 is 2.73 bits per heavy atom. The Hall–Kier alpha value is -0.870. The van der Waals surface area contributed by atoms with Gasteiger partial charge < -0.3 is 14.9 Å². The summed E-state index contributed by atoms with van der Waals surface area (Å²) < 4.78 is 4.56. The number of ether oxygens (including phenoxy) is 1. The van der Waals surface area contributed by atoms with Crippen LogP contribution in [0, 0.1) is 0 Å². The van der Waals surface area contributed by atoms with Gasteiger partial charge in [-0.2, -0.15) is 0 Å². The summed E-state index contributed by atoms with van der Waals surface area (Å²) in [7, 11) is 0. The van der Waals surface area contributed by atoms with E-state index in [1.165, 1.54) is 6.08 Å². The number of carbonyl (C=O) groups is 1. The van der Waals surface area contributed by atoms with E-state index >= 15 is 0 Å². The van der Waals surface area contributed by atoms with E-state index in [1.54, 1.807) is 0 Å². The quantitative estimate of drug-likeness (QED) is 0.332. The van der Waals surface area contributed by atoms with Gasteiger partial charge in [0, 0.05) is 6.42 Å². The number of esters is 1. The predicted octanol–water partition coefficient (Wildman–Crippen LogP) is -0.194. The third-order valence-corrected chi connectivity index (χ3v) is 0.969. The molecule has 0 saturated heterocycles. The molecule has 0 aromatic carbocycles. The maximum Gasteiger partial charge on any atom is 0.306 e. The van der Waals surface area contributed by atoms with Crippen molar-refractivity contribution in [2.75, 3.05) is 6.61 Å². The number of hydrogen-bond donors (Lipinski definition) is 2. The molecule has 0 bridgehead atoms. The fourth-order valence-corrected chi connectivity index (χ4v) is 0.471. The van der Waals surface area contributed by atoms with E-state index in [0.717, 1.165) is 0 Å². The van der Waals surface area contributed by atoms with Crippen LogP contribution in [0.4, 0.5) is 0 Å². The highest BCUT2D eigenvalue weighted by atomic mass is 16.5. The zero-order valence-corrected chi connectivity index (χ0v) is 6.19. The molecule has 4 nitrogen and oxygen atoms in total. The number of hydrogen-bond acceptors (Lipinski definition) is 4. The van der Waals surface area contributed by atoms with Gasteiger partial charge in [0.2, 0.25) is 0 Å². The number of rotatable bonds is 5. The molecule has 0 fully saturated rings. The largest absolute Gasteiger partial charge is 0.461 e. The normalized spacial score (nSPS) is 9.73. The van der Waals surface area contributed by atoms with Crippen molar-refractivity contribution in [2.24, 2.45) is 0 Å². The van der Waals surface area contributed by atoms with Crippen LogP contribution >= 0.6 is 0 Å². The van der Waals surface area contributed by atoms with Gasteiger partial charge in [-0.15, -0.1) is 0 Å². The van der Waals surface area contributed by atoms with E-state index in [-0.39, 0.29) is 19.4 Å². The maximum atomic E-state index is 10.6. The van der Waals surface area contributed by atoms with Crippen molar-refractivity contribution < 1.29 is 19.7 Å². The van der Waals surface area contributed by atoms with Gasteiger partial charge >= 0.3 is 5.97 Å². The maximum absolute atomic E-state index is 10.6. The lowest BCUT2D eigenvalue weighted by molar-refractivity contribution is -0.144. The fraction of sp³-hybridized carbons (Fsp3) is 0.571. The van der Waals surface area contributed by atoms with Crippen LogP contribution in [-0.2, 0) is 9.53 Å². The molecule has 11 heavy (non-hydrogen) atoms. The molecule has 0 unspecified atom stereocenters. The zero-order valence-electron chi connectivity index (χ0n) is 6.19. The number of aliphatic hydroxyl groups excluding tert-OH is 1. The molecule has 0 amide bonds. The summed E-state index contributed by atoms with van der Waals surface area (Å²) >= 11 is 0. The van der Waals surface area contributed by atoms with Gasteiger partial charge in [0.05, 0.1) is 6.42 Å². The molecule has 0 aliphatic carbocycles. The molecule has 0 spiro atoms. The average molecular weight is 160 g/mol. The highest BCUT2D eigenvalue weighted by Gasteiger charge is 2.04. The van der Waals surface area contributed by atoms with Crippen LogP contribution in [0.3, 0.4) is 0 Å². The van der Waals surface area contributed by atoms with Gasteiger partial charge in [0.25, 0.3) is 0 Å². The first-order valence-corrected chi connectivity index (χ1v) is 3.29. The summed E-state index contributed by atoms with van der Waals surface area (Å²) in [6.07, 6.45) is 0.0423. The molecule has 0 atom stereocenters. The van der Waals surface area contributed by atoms with Crippen LogP contribution in [0.1, 0.15) is 12.8 Å². The van der Waals surface area contributed by atoms with Crippen molar-refractivity contribution >= 4 is 5.97 Å². The number of carbonyl (C=O) groups excluding carboxylic acids is 1. The first-order valence-electron chi connectivity index (χ1n) is 3.29. The Balaban J connectivity index is 3.29. The van der Waals surface area contributed by atoms with Gasteiger partial charge in [-0.25, -0.2) is 0 Å². The molecule has 64 valence electrons. The SMILES string of the molecule is C=CCOC(=O)CCC(O)O.